The van der Waals surface area contributed by atoms with Crippen molar-refractivity contribution in [2.24, 2.45) is 0 Å². The van der Waals surface area contributed by atoms with Crippen molar-refractivity contribution in [3.63, 3.8) is 0 Å². The van der Waals surface area contributed by atoms with Gasteiger partial charge in [0.1, 0.15) is 11.6 Å². The molecule has 0 saturated heterocycles. The Hall–Kier alpha value is -2.60. The van der Waals surface area contributed by atoms with E-state index in [2.05, 4.69) is 10.6 Å². The molecule has 2 aromatic rings. The zero-order chi connectivity index (χ0) is 16.8. The maximum Gasteiger partial charge on any atom is 0.251 e. The second kappa shape index (κ2) is 7.60. The lowest BCUT2D eigenvalue weighted by atomic mass is 10.2. The van der Waals surface area contributed by atoms with Crippen LogP contribution in [0.25, 0.3) is 0 Å². The Kier molecular flexibility index (Phi) is 5.54. The van der Waals surface area contributed by atoms with Gasteiger partial charge in [0.25, 0.3) is 5.91 Å². The zero-order valence-electron chi connectivity index (χ0n) is 12.2. The number of benzene rings is 2. The van der Waals surface area contributed by atoms with Gasteiger partial charge >= 0.3 is 0 Å². The summed E-state index contributed by atoms with van der Waals surface area (Å²) in [5, 5.41) is 5.48. The van der Waals surface area contributed by atoms with Crippen LogP contribution >= 0.6 is 11.6 Å². The van der Waals surface area contributed by atoms with Crippen LogP contribution in [0.15, 0.2) is 42.5 Å². The van der Waals surface area contributed by atoms with E-state index in [0.29, 0.717) is 16.5 Å². The van der Waals surface area contributed by atoms with E-state index in [1.807, 2.05) is 0 Å². The Morgan fingerprint density at radius 3 is 2.52 bits per heavy atom. The maximum atomic E-state index is 12.8. The van der Waals surface area contributed by atoms with Crippen molar-refractivity contribution in [1.82, 2.24) is 5.32 Å². The number of methoxy groups -OCH3 is 1. The lowest BCUT2D eigenvalue weighted by Crippen LogP contribution is -2.32. The number of amides is 2. The molecular formula is C16H14ClFN2O3. The standard InChI is InChI=1S/C16H14ClFN2O3/c1-23-14-7-4-11(17)8-13(14)20-15(21)9-19-16(22)10-2-5-12(18)6-3-10/h2-8H,9H2,1H3,(H,19,22)(H,20,21). The fraction of sp³-hybridized carbons (Fsp3) is 0.125. The molecule has 5 nitrogen and oxygen atoms in total. The third-order valence-electron chi connectivity index (χ3n) is 2.95. The number of carbonyl (C=O) groups is 2. The molecular weight excluding hydrogens is 323 g/mol. The van der Waals surface area contributed by atoms with E-state index < -0.39 is 17.6 Å². The van der Waals surface area contributed by atoms with Gasteiger partial charge in [0, 0.05) is 10.6 Å². The first-order valence-corrected chi connectivity index (χ1v) is 7.04. The highest BCUT2D eigenvalue weighted by atomic mass is 35.5. The number of rotatable bonds is 5. The summed E-state index contributed by atoms with van der Waals surface area (Å²) in [5.41, 5.74) is 0.667. The SMILES string of the molecule is COc1ccc(Cl)cc1NC(=O)CNC(=O)c1ccc(F)cc1. The molecule has 7 heteroatoms. The number of hydrogen-bond donors (Lipinski definition) is 2. The van der Waals surface area contributed by atoms with Gasteiger partial charge < -0.3 is 15.4 Å². The van der Waals surface area contributed by atoms with Crippen LogP contribution < -0.4 is 15.4 Å². The van der Waals surface area contributed by atoms with E-state index in [4.69, 9.17) is 16.3 Å². The molecule has 0 aromatic heterocycles. The van der Waals surface area contributed by atoms with E-state index in [1.54, 1.807) is 18.2 Å². The summed E-state index contributed by atoms with van der Waals surface area (Å²) in [6, 6.07) is 9.81. The number of anilines is 1. The number of carbonyl (C=O) groups excluding carboxylic acids is 2. The summed E-state index contributed by atoms with van der Waals surface area (Å²) in [7, 11) is 1.47. The minimum Gasteiger partial charge on any atom is -0.495 e. The summed E-state index contributed by atoms with van der Waals surface area (Å²) in [6.45, 7) is -0.244. The van der Waals surface area contributed by atoms with Crippen molar-refractivity contribution in [2.75, 3.05) is 19.0 Å². The first-order chi connectivity index (χ1) is 11.0. The Labute approximate surface area is 137 Å². The lowest BCUT2D eigenvalue weighted by Gasteiger charge is -2.11. The summed E-state index contributed by atoms with van der Waals surface area (Å²) in [6.07, 6.45) is 0. The molecule has 0 radical (unpaired) electrons. The van der Waals surface area contributed by atoms with Crippen LogP contribution in [-0.4, -0.2) is 25.5 Å². The van der Waals surface area contributed by atoms with Gasteiger partial charge in [0.05, 0.1) is 19.3 Å². The molecule has 0 aliphatic heterocycles. The molecule has 0 atom stereocenters. The molecule has 0 unspecified atom stereocenters. The molecule has 2 amide bonds. The van der Waals surface area contributed by atoms with Crippen LogP contribution in [-0.2, 0) is 4.79 Å². The van der Waals surface area contributed by atoms with Gasteiger partial charge in [-0.25, -0.2) is 4.39 Å². The molecule has 0 bridgehead atoms. The van der Waals surface area contributed by atoms with E-state index >= 15 is 0 Å². The third-order valence-corrected chi connectivity index (χ3v) is 3.19. The first-order valence-electron chi connectivity index (χ1n) is 6.67. The van der Waals surface area contributed by atoms with E-state index in [9.17, 15) is 14.0 Å². The highest BCUT2D eigenvalue weighted by Gasteiger charge is 2.11. The zero-order valence-corrected chi connectivity index (χ0v) is 13.0. The number of ether oxygens (including phenoxy) is 1. The normalized spacial score (nSPS) is 10.0. The molecule has 2 N–H and O–H groups in total. The quantitative estimate of drug-likeness (QED) is 0.882. The monoisotopic (exact) mass is 336 g/mol. The molecule has 0 aliphatic rings. The molecule has 0 spiro atoms. The van der Waals surface area contributed by atoms with Crippen molar-refractivity contribution >= 4 is 29.1 Å². The van der Waals surface area contributed by atoms with Gasteiger partial charge in [-0.05, 0) is 42.5 Å². The average molecular weight is 337 g/mol. The highest BCUT2D eigenvalue weighted by molar-refractivity contribution is 6.31. The van der Waals surface area contributed by atoms with E-state index in [0.717, 1.165) is 0 Å². The molecule has 0 heterocycles. The minimum atomic E-state index is -0.474. The smallest absolute Gasteiger partial charge is 0.251 e. The van der Waals surface area contributed by atoms with Crippen molar-refractivity contribution in [3.8, 4) is 5.75 Å². The van der Waals surface area contributed by atoms with Gasteiger partial charge in [-0.1, -0.05) is 11.6 Å². The summed E-state index contributed by atoms with van der Waals surface area (Å²) in [5.74, 6) is -0.904. The predicted octanol–water partition coefficient (Wildman–Crippen LogP) is 2.86. The minimum absolute atomic E-state index is 0.244. The number of hydrogen-bond acceptors (Lipinski definition) is 3. The van der Waals surface area contributed by atoms with Gasteiger partial charge in [-0.15, -0.1) is 0 Å². The fourth-order valence-corrected chi connectivity index (χ4v) is 2.01. The number of nitrogens with one attached hydrogen (secondary N) is 2. The Bertz CT molecular complexity index is 720. The molecule has 23 heavy (non-hydrogen) atoms. The van der Waals surface area contributed by atoms with Gasteiger partial charge in [0.15, 0.2) is 0 Å². The molecule has 0 aliphatic carbocycles. The van der Waals surface area contributed by atoms with Crippen molar-refractivity contribution < 1.29 is 18.7 Å². The summed E-state index contributed by atoms with van der Waals surface area (Å²) < 4.78 is 17.9. The first kappa shape index (κ1) is 16.8. The predicted molar refractivity (Wildman–Crippen MR) is 85.4 cm³/mol. The molecule has 0 saturated carbocycles. The summed E-state index contributed by atoms with van der Waals surface area (Å²) in [4.78, 5) is 23.7. The highest BCUT2D eigenvalue weighted by Crippen LogP contribution is 2.27. The Morgan fingerprint density at radius 1 is 1.17 bits per heavy atom. The van der Waals surface area contributed by atoms with Gasteiger partial charge in [0.2, 0.25) is 5.91 Å². The van der Waals surface area contributed by atoms with E-state index in [-0.39, 0.29) is 12.1 Å². The largest absolute Gasteiger partial charge is 0.495 e. The van der Waals surface area contributed by atoms with Crippen molar-refractivity contribution in [2.45, 2.75) is 0 Å². The topological polar surface area (TPSA) is 67.4 Å². The molecule has 2 rings (SSSR count). The second-order valence-electron chi connectivity index (χ2n) is 4.58. The number of halogens is 2. The van der Waals surface area contributed by atoms with Crippen molar-refractivity contribution in [3.05, 3.63) is 58.9 Å². The average Bonchev–Trinajstić information content (AvgIpc) is 2.53. The van der Waals surface area contributed by atoms with E-state index in [1.165, 1.54) is 31.4 Å². The Balaban J connectivity index is 1.94. The van der Waals surface area contributed by atoms with Gasteiger partial charge in [-0.3, -0.25) is 9.59 Å². The Morgan fingerprint density at radius 2 is 1.87 bits per heavy atom. The van der Waals surface area contributed by atoms with Crippen LogP contribution in [0.3, 0.4) is 0 Å². The third kappa shape index (κ3) is 4.69. The van der Waals surface area contributed by atoms with Crippen LogP contribution in [0.2, 0.25) is 5.02 Å². The molecule has 0 fully saturated rings. The van der Waals surface area contributed by atoms with Crippen molar-refractivity contribution in [1.29, 1.82) is 0 Å². The van der Waals surface area contributed by atoms with Crippen LogP contribution in [0.4, 0.5) is 10.1 Å². The maximum absolute atomic E-state index is 12.8. The second-order valence-corrected chi connectivity index (χ2v) is 5.02. The van der Waals surface area contributed by atoms with Crippen LogP contribution in [0, 0.1) is 5.82 Å². The molecule has 120 valence electrons. The van der Waals surface area contributed by atoms with Crippen LogP contribution in [0.5, 0.6) is 5.75 Å². The van der Waals surface area contributed by atoms with Gasteiger partial charge in [-0.2, -0.15) is 0 Å². The molecule has 2 aromatic carbocycles. The summed E-state index contributed by atoms with van der Waals surface area (Å²) >= 11 is 5.87. The fourth-order valence-electron chi connectivity index (χ4n) is 1.84. The lowest BCUT2D eigenvalue weighted by molar-refractivity contribution is -0.115. The van der Waals surface area contributed by atoms with Crippen LogP contribution in [0.1, 0.15) is 10.4 Å².